The summed E-state index contributed by atoms with van der Waals surface area (Å²) in [5.41, 5.74) is -2.66. The Bertz CT molecular complexity index is 556. The Morgan fingerprint density at radius 2 is 1.90 bits per heavy atom. The average molecular weight is 300 g/mol. The van der Waals surface area contributed by atoms with Crippen LogP contribution in [-0.4, -0.2) is 16.9 Å². The average Bonchev–Trinajstić information content (AvgIpc) is 2.28. The SMILES string of the molecule is O=C([O-])CCC(=O)Nc1cc(C(F)(F)F)c[nH]c1=O.[Na+]. The normalized spacial score (nSPS) is 10.6. The zero-order valence-corrected chi connectivity index (χ0v) is 12.3. The number of carboxylic acid groups (broad SMARTS) is 1. The number of pyridine rings is 1. The molecular weight excluding hydrogens is 292 g/mol. The number of aliphatic carboxylic acids is 1. The molecule has 1 amide bonds. The predicted molar refractivity (Wildman–Crippen MR) is 54.9 cm³/mol. The number of halogens is 3. The number of aromatic nitrogens is 1. The summed E-state index contributed by atoms with van der Waals surface area (Å²) < 4.78 is 37.1. The second-order valence-corrected chi connectivity index (χ2v) is 3.55. The molecule has 0 spiro atoms. The summed E-state index contributed by atoms with van der Waals surface area (Å²) >= 11 is 0. The van der Waals surface area contributed by atoms with Gasteiger partial charge in [-0.15, -0.1) is 0 Å². The fourth-order valence-electron chi connectivity index (χ4n) is 1.17. The minimum absolute atomic E-state index is 0. The minimum atomic E-state index is -4.67. The number of aromatic amines is 1. The van der Waals surface area contributed by atoms with E-state index in [2.05, 4.69) is 0 Å². The number of carboxylic acids is 1. The van der Waals surface area contributed by atoms with Crippen molar-refractivity contribution >= 4 is 17.6 Å². The molecule has 0 aliphatic heterocycles. The monoisotopic (exact) mass is 300 g/mol. The fourth-order valence-corrected chi connectivity index (χ4v) is 1.17. The Morgan fingerprint density at radius 3 is 2.40 bits per heavy atom. The molecule has 1 aromatic heterocycles. The maximum Gasteiger partial charge on any atom is 1.00 e. The van der Waals surface area contributed by atoms with Crippen molar-refractivity contribution in [2.24, 2.45) is 0 Å². The van der Waals surface area contributed by atoms with Crippen LogP contribution in [0.25, 0.3) is 0 Å². The van der Waals surface area contributed by atoms with Crippen LogP contribution in [0.15, 0.2) is 17.1 Å². The number of rotatable bonds is 4. The van der Waals surface area contributed by atoms with Gasteiger partial charge in [0, 0.05) is 18.6 Å². The molecule has 0 bridgehead atoms. The molecule has 0 fully saturated rings. The predicted octanol–water partition coefficient (Wildman–Crippen LogP) is -3.13. The molecule has 10 heteroatoms. The van der Waals surface area contributed by atoms with Gasteiger partial charge in [0.05, 0.1) is 5.56 Å². The van der Waals surface area contributed by atoms with Crippen molar-refractivity contribution in [3.63, 3.8) is 0 Å². The van der Waals surface area contributed by atoms with Crippen LogP contribution in [0, 0.1) is 0 Å². The summed E-state index contributed by atoms with van der Waals surface area (Å²) in [5, 5.41) is 12.0. The standard InChI is InChI=1S/C10H9F3N2O4.Na/c11-10(12,13)5-3-6(9(19)14-4-5)15-7(16)1-2-8(17)18;/h3-4H,1-2H2,(H,14,19)(H,15,16)(H,17,18);/q;+1/p-1. The van der Waals surface area contributed by atoms with Gasteiger partial charge in [0.15, 0.2) is 0 Å². The van der Waals surface area contributed by atoms with Crippen molar-refractivity contribution in [3.8, 4) is 0 Å². The molecule has 0 saturated heterocycles. The zero-order valence-electron chi connectivity index (χ0n) is 10.3. The molecule has 1 rings (SSSR count). The molecule has 6 nitrogen and oxygen atoms in total. The van der Waals surface area contributed by atoms with E-state index in [1.807, 2.05) is 10.3 Å². The van der Waals surface area contributed by atoms with E-state index in [0.29, 0.717) is 12.3 Å². The Hall–Kier alpha value is -1.32. The Morgan fingerprint density at radius 1 is 1.30 bits per heavy atom. The maximum atomic E-state index is 12.4. The summed E-state index contributed by atoms with van der Waals surface area (Å²) in [4.78, 5) is 34.3. The van der Waals surface area contributed by atoms with Gasteiger partial charge in [0.1, 0.15) is 5.69 Å². The molecule has 0 saturated carbocycles. The van der Waals surface area contributed by atoms with Gasteiger partial charge < -0.3 is 20.2 Å². The molecule has 20 heavy (non-hydrogen) atoms. The fraction of sp³-hybridized carbons (Fsp3) is 0.300. The Balaban J connectivity index is 0.00000361. The third-order valence-electron chi connectivity index (χ3n) is 2.06. The van der Waals surface area contributed by atoms with Crippen LogP contribution in [0.5, 0.6) is 0 Å². The number of alkyl halides is 3. The van der Waals surface area contributed by atoms with Gasteiger partial charge in [-0.3, -0.25) is 9.59 Å². The van der Waals surface area contributed by atoms with Crippen molar-refractivity contribution in [1.29, 1.82) is 0 Å². The minimum Gasteiger partial charge on any atom is -0.550 e. The summed E-state index contributed by atoms with van der Waals surface area (Å²) in [5.74, 6) is -2.37. The van der Waals surface area contributed by atoms with Gasteiger partial charge in [0.2, 0.25) is 5.91 Å². The van der Waals surface area contributed by atoms with Gasteiger partial charge in [-0.25, -0.2) is 0 Å². The summed E-state index contributed by atoms with van der Waals surface area (Å²) in [6.45, 7) is 0. The van der Waals surface area contributed by atoms with Crippen LogP contribution in [0.3, 0.4) is 0 Å². The second kappa shape index (κ2) is 7.46. The smallest absolute Gasteiger partial charge is 0.550 e. The van der Waals surface area contributed by atoms with E-state index in [1.165, 1.54) is 0 Å². The van der Waals surface area contributed by atoms with E-state index < -0.39 is 47.7 Å². The van der Waals surface area contributed by atoms with Crippen LogP contribution >= 0.6 is 0 Å². The summed E-state index contributed by atoms with van der Waals surface area (Å²) in [7, 11) is 0. The molecule has 0 radical (unpaired) electrons. The molecule has 2 N–H and O–H groups in total. The number of carbonyl (C=O) groups is 2. The van der Waals surface area contributed by atoms with Gasteiger partial charge in [0.25, 0.3) is 5.56 Å². The number of hydrogen-bond donors (Lipinski definition) is 2. The van der Waals surface area contributed by atoms with Crippen LogP contribution in [0.2, 0.25) is 0 Å². The molecule has 1 aromatic rings. The zero-order chi connectivity index (χ0) is 14.6. The number of anilines is 1. The Kier molecular flexibility index (Phi) is 6.97. The first-order valence-electron chi connectivity index (χ1n) is 5.00. The number of H-pyrrole nitrogens is 1. The van der Waals surface area contributed by atoms with Crippen LogP contribution in [-0.2, 0) is 15.8 Å². The number of hydrogen-bond acceptors (Lipinski definition) is 4. The molecule has 0 aliphatic carbocycles. The molecule has 0 aliphatic rings. The molecule has 104 valence electrons. The van der Waals surface area contributed by atoms with Crippen LogP contribution in [0.1, 0.15) is 18.4 Å². The van der Waals surface area contributed by atoms with E-state index in [0.717, 1.165) is 0 Å². The van der Waals surface area contributed by atoms with E-state index in [-0.39, 0.29) is 29.6 Å². The van der Waals surface area contributed by atoms with E-state index >= 15 is 0 Å². The van der Waals surface area contributed by atoms with Crippen molar-refractivity contribution in [1.82, 2.24) is 4.98 Å². The maximum absolute atomic E-state index is 12.4. The van der Waals surface area contributed by atoms with Gasteiger partial charge >= 0.3 is 35.7 Å². The summed E-state index contributed by atoms with van der Waals surface area (Å²) in [6.07, 6.45) is -5.30. The molecule has 0 atom stereocenters. The first-order chi connectivity index (χ1) is 8.70. The van der Waals surface area contributed by atoms with Crippen molar-refractivity contribution < 1.29 is 57.4 Å². The third kappa shape index (κ3) is 5.76. The van der Waals surface area contributed by atoms with E-state index in [9.17, 15) is 32.7 Å². The first kappa shape index (κ1) is 18.7. The molecule has 1 heterocycles. The quantitative estimate of drug-likeness (QED) is 0.574. The number of carbonyl (C=O) groups excluding carboxylic acids is 2. The van der Waals surface area contributed by atoms with E-state index in [1.54, 1.807) is 0 Å². The molecule has 0 unspecified atom stereocenters. The Labute approximate surface area is 132 Å². The summed E-state index contributed by atoms with van der Waals surface area (Å²) in [6, 6.07) is 0.468. The largest absolute Gasteiger partial charge is 1.00 e. The van der Waals surface area contributed by atoms with Gasteiger partial charge in [-0.1, -0.05) is 0 Å². The van der Waals surface area contributed by atoms with Gasteiger partial charge in [-0.2, -0.15) is 13.2 Å². The van der Waals surface area contributed by atoms with Crippen LogP contribution < -0.4 is 45.5 Å². The third-order valence-corrected chi connectivity index (χ3v) is 2.06. The molecular formula is C10H8F3N2NaO4. The van der Waals surface area contributed by atoms with Gasteiger partial charge in [-0.05, 0) is 12.5 Å². The van der Waals surface area contributed by atoms with Crippen molar-refractivity contribution in [2.75, 3.05) is 5.32 Å². The first-order valence-corrected chi connectivity index (χ1v) is 5.00. The van der Waals surface area contributed by atoms with E-state index in [4.69, 9.17) is 0 Å². The second-order valence-electron chi connectivity index (χ2n) is 3.55. The number of nitrogens with one attached hydrogen (secondary N) is 2. The number of amides is 1. The van der Waals surface area contributed by atoms with Crippen LogP contribution in [0.4, 0.5) is 18.9 Å². The molecule has 0 aromatic carbocycles. The van der Waals surface area contributed by atoms with Crippen molar-refractivity contribution in [3.05, 3.63) is 28.2 Å². The topological polar surface area (TPSA) is 102 Å². The van der Waals surface area contributed by atoms with Crippen molar-refractivity contribution in [2.45, 2.75) is 19.0 Å².